The molecule has 210 valence electrons. The monoisotopic (exact) mass is 560 g/mol. The number of carboxylic acid groups (broad SMARTS) is 1. The van der Waals surface area contributed by atoms with Gasteiger partial charge in [-0.3, -0.25) is 9.78 Å². The van der Waals surface area contributed by atoms with Gasteiger partial charge in [-0.1, -0.05) is 32.0 Å². The molecule has 1 aromatic carbocycles. The number of anilines is 1. The van der Waals surface area contributed by atoms with Gasteiger partial charge in [0.05, 0.1) is 41.4 Å². The zero-order valence-electron chi connectivity index (χ0n) is 23.6. The first-order chi connectivity index (χ1) is 19.2. The molecule has 0 saturated carbocycles. The predicted molar refractivity (Wildman–Crippen MR) is 158 cm³/mol. The molecule has 2 atom stereocenters. The first-order valence-electron chi connectivity index (χ1n) is 14.3. The maximum absolute atomic E-state index is 13.3. The number of morpholine rings is 1. The number of fused-ring (bicyclic) bond motifs is 1. The van der Waals surface area contributed by atoms with Crippen LogP contribution in [0, 0.1) is 5.41 Å². The number of quaternary nitrogens is 1. The zero-order valence-corrected chi connectivity index (χ0v) is 24.4. The summed E-state index contributed by atoms with van der Waals surface area (Å²) in [5.41, 5.74) is 6.14. The van der Waals surface area contributed by atoms with Gasteiger partial charge in [0, 0.05) is 55.2 Å². The summed E-state index contributed by atoms with van der Waals surface area (Å²) in [6.45, 7) is 10.5. The minimum absolute atomic E-state index is 0.0812. The van der Waals surface area contributed by atoms with Crippen molar-refractivity contribution in [1.29, 1.82) is 0 Å². The summed E-state index contributed by atoms with van der Waals surface area (Å²) in [7, 11) is 0. The van der Waals surface area contributed by atoms with E-state index in [9.17, 15) is 14.7 Å². The number of thiophene rings is 1. The number of pyridine rings is 1. The molecule has 1 aliphatic carbocycles. The number of rotatable bonds is 5. The second-order valence-corrected chi connectivity index (χ2v) is 13.4. The number of hydrogen-bond donors (Lipinski definition) is 1. The van der Waals surface area contributed by atoms with Gasteiger partial charge >= 0.3 is 6.09 Å². The highest BCUT2D eigenvalue weighted by atomic mass is 32.1. The average molecular weight is 561 g/mol. The summed E-state index contributed by atoms with van der Waals surface area (Å²) in [4.78, 5) is 33.6. The molecule has 7 nitrogen and oxygen atoms in total. The molecule has 8 heteroatoms. The molecule has 3 aliphatic rings. The fraction of sp³-hybridized carbons (Fsp3) is 0.469. The van der Waals surface area contributed by atoms with Crippen molar-refractivity contribution in [3.8, 4) is 22.4 Å². The summed E-state index contributed by atoms with van der Waals surface area (Å²) in [5.74, 6) is 0.241. The summed E-state index contributed by atoms with van der Waals surface area (Å²) in [6.07, 6.45) is 4.42. The number of hydrogen-bond acceptors (Lipinski definition) is 6. The van der Waals surface area contributed by atoms with Crippen molar-refractivity contribution in [3.63, 3.8) is 0 Å². The Morgan fingerprint density at radius 2 is 1.98 bits per heavy atom. The third-order valence-corrected chi connectivity index (χ3v) is 10.3. The quantitative estimate of drug-likeness (QED) is 0.352. The molecule has 2 aromatic heterocycles. The number of carbonyl (C=O) groups excluding carboxylic acids is 1. The number of benzene rings is 1. The third-order valence-electron chi connectivity index (χ3n) is 8.97. The molecular formula is C32H38N3O4S+. The molecule has 3 aromatic rings. The second kappa shape index (κ2) is 10.4. The molecule has 1 N–H and O–H groups in total. The summed E-state index contributed by atoms with van der Waals surface area (Å²) < 4.78 is 5.72. The Morgan fingerprint density at radius 3 is 2.70 bits per heavy atom. The van der Waals surface area contributed by atoms with Crippen LogP contribution < -0.4 is 4.90 Å². The number of nitrogens with zero attached hydrogens (tertiary/aromatic N) is 3. The highest BCUT2D eigenvalue weighted by molar-refractivity contribution is 7.19. The molecule has 40 heavy (non-hydrogen) atoms. The lowest BCUT2D eigenvalue weighted by Gasteiger charge is -2.32. The molecule has 4 heterocycles. The van der Waals surface area contributed by atoms with Gasteiger partial charge in [-0.05, 0) is 48.1 Å². The summed E-state index contributed by atoms with van der Waals surface area (Å²) >= 11 is 1.64. The number of ether oxygens (including phenoxy) is 1. The number of aromatic nitrogens is 1. The van der Waals surface area contributed by atoms with Crippen LogP contribution in [-0.4, -0.2) is 65.3 Å². The highest BCUT2D eigenvalue weighted by Gasteiger charge is 2.46. The third kappa shape index (κ3) is 4.86. The topological polar surface area (TPSA) is 79.7 Å². The summed E-state index contributed by atoms with van der Waals surface area (Å²) in [6, 6.07) is 12.5. The summed E-state index contributed by atoms with van der Waals surface area (Å²) in [5, 5.41) is 11.3. The van der Waals surface area contributed by atoms with Gasteiger partial charge < -0.3 is 14.7 Å². The van der Waals surface area contributed by atoms with Crippen LogP contribution in [-0.2, 0) is 17.7 Å². The van der Waals surface area contributed by atoms with Gasteiger partial charge in [0.2, 0.25) is 0 Å². The number of Topliss-reactive ketones (excluding diaryl/α,β-unsaturated/α-hetero) is 1. The van der Waals surface area contributed by atoms with E-state index in [1.54, 1.807) is 11.3 Å². The SMILES string of the molecule is C[C@@H]1CCC[N+]1(Cc1cccc(-c2cc(-c3c(N4CCOCC4)sc4c3CC(C)(C)CC4=O)ccn2)c1)C(=O)O. The van der Waals surface area contributed by atoms with Crippen LogP contribution in [0.25, 0.3) is 22.4 Å². The molecule has 2 fully saturated rings. The normalized spacial score (nSPS) is 24.2. The Hall–Kier alpha value is -3.07. The van der Waals surface area contributed by atoms with Crippen LogP contribution >= 0.6 is 11.3 Å². The van der Waals surface area contributed by atoms with E-state index in [0.29, 0.717) is 32.7 Å². The van der Waals surface area contributed by atoms with Gasteiger partial charge in [-0.2, -0.15) is 4.79 Å². The number of ketones is 1. The average Bonchev–Trinajstić information content (AvgIpc) is 3.50. The van der Waals surface area contributed by atoms with Crippen LogP contribution in [0.15, 0.2) is 42.6 Å². The number of likely N-dealkylation sites (tertiary alicyclic amines) is 1. The van der Waals surface area contributed by atoms with Crippen molar-refractivity contribution in [3.05, 3.63) is 58.6 Å². The molecule has 2 aliphatic heterocycles. The van der Waals surface area contributed by atoms with E-state index < -0.39 is 6.09 Å². The smallest absolute Gasteiger partial charge is 0.435 e. The lowest BCUT2D eigenvalue weighted by atomic mass is 9.75. The minimum atomic E-state index is -0.745. The lowest BCUT2D eigenvalue weighted by Crippen LogP contribution is -2.53. The molecular weight excluding hydrogens is 522 g/mol. The van der Waals surface area contributed by atoms with Gasteiger partial charge in [0.1, 0.15) is 6.54 Å². The van der Waals surface area contributed by atoms with E-state index >= 15 is 0 Å². The second-order valence-electron chi connectivity index (χ2n) is 12.5. The Balaban J connectivity index is 1.40. The van der Waals surface area contributed by atoms with Crippen molar-refractivity contribution in [2.75, 3.05) is 37.7 Å². The van der Waals surface area contributed by atoms with E-state index in [2.05, 4.69) is 43.9 Å². The van der Waals surface area contributed by atoms with Crippen molar-refractivity contribution in [2.45, 2.75) is 59.0 Å². The molecule has 0 spiro atoms. The molecule has 1 unspecified atom stereocenters. The largest absolute Gasteiger partial charge is 0.514 e. The molecule has 0 radical (unpaired) electrons. The Bertz CT molecular complexity index is 1460. The molecule has 0 bridgehead atoms. The van der Waals surface area contributed by atoms with Gasteiger partial charge in [-0.25, -0.2) is 4.48 Å². The maximum atomic E-state index is 13.3. The van der Waals surface area contributed by atoms with Gasteiger partial charge in [0.15, 0.2) is 5.78 Å². The Kier molecular flexibility index (Phi) is 7.05. The van der Waals surface area contributed by atoms with E-state index in [-0.39, 0.29) is 21.7 Å². The number of amides is 1. The standard InChI is InChI=1S/C32H37N3O4S/c1-21-6-5-13-35(21,31(37)38)20-22-7-4-8-23(16-22)26-17-24(9-10-33-26)28-25-18-32(2,3)19-27(36)29(25)40-30(28)34-11-14-39-15-12-34/h4,7-10,16-17,21H,5-6,11-15,18-20H2,1-3H3/p+1/t21-,35?/m1/s1. The van der Waals surface area contributed by atoms with E-state index in [4.69, 9.17) is 9.72 Å². The molecule has 2 saturated heterocycles. The van der Waals surface area contributed by atoms with Crippen LogP contribution in [0.4, 0.5) is 9.80 Å². The minimum Gasteiger partial charge on any atom is -0.435 e. The Morgan fingerprint density at radius 1 is 1.18 bits per heavy atom. The number of carbonyl (C=O) groups is 2. The Labute approximate surface area is 240 Å². The fourth-order valence-electron chi connectivity index (χ4n) is 6.81. The van der Waals surface area contributed by atoms with Crippen LogP contribution in [0.3, 0.4) is 0 Å². The van der Waals surface area contributed by atoms with E-state index in [1.165, 1.54) is 0 Å². The first kappa shape index (κ1) is 27.1. The lowest BCUT2D eigenvalue weighted by molar-refractivity contribution is -0.880. The molecule has 1 amide bonds. The van der Waals surface area contributed by atoms with Crippen molar-refractivity contribution in [2.24, 2.45) is 5.41 Å². The predicted octanol–water partition coefficient (Wildman–Crippen LogP) is 6.65. The fourth-order valence-corrected chi connectivity index (χ4v) is 8.14. The van der Waals surface area contributed by atoms with Crippen molar-refractivity contribution < 1.29 is 23.9 Å². The van der Waals surface area contributed by atoms with Crippen molar-refractivity contribution >= 4 is 28.2 Å². The van der Waals surface area contributed by atoms with Gasteiger partial charge in [0.25, 0.3) is 0 Å². The molecule has 6 rings (SSSR count). The zero-order chi connectivity index (χ0) is 28.1. The van der Waals surface area contributed by atoms with E-state index in [1.807, 2.05) is 24.4 Å². The highest BCUT2D eigenvalue weighted by Crippen LogP contribution is 2.49. The van der Waals surface area contributed by atoms with E-state index in [0.717, 1.165) is 75.7 Å². The first-order valence-corrected chi connectivity index (χ1v) is 15.2. The van der Waals surface area contributed by atoms with Crippen molar-refractivity contribution in [1.82, 2.24) is 4.98 Å². The van der Waals surface area contributed by atoms with Crippen LogP contribution in [0.2, 0.25) is 0 Å². The van der Waals surface area contributed by atoms with Gasteiger partial charge in [-0.15, -0.1) is 11.3 Å². The van der Waals surface area contributed by atoms with Crippen LogP contribution in [0.5, 0.6) is 0 Å². The maximum Gasteiger partial charge on any atom is 0.514 e. The van der Waals surface area contributed by atoms with Crippen LogP contribution in [0.1, 0.15) is 60.8 Å².